The lowest BCUT2D eigenvalue weighted by atomic mass is 9.92. The largest absolute Gasteiger partial charge is 0.456 e. The third kappa shape index (κ3) is 6.36. The number of rotatable bonds is 4. The Kier molecular flexibility index (Phi) is 8.32. The molecule has 0 spiro atoms. The molecular weight excluding hydrogens is 444 g/mol. The Labute approximate surface area is 205 Å². The van der Waals surface area contributed by atoms with Gasteiger partial charge in [-0.1, -0.05) is 66.7 Å². The van der Waals surface area contributed by atoms with Crippen LogP contribution in [0, 0.1) is 5.92 Å². The summed E-state index contributed by atoms with van der Waals surface area (Å²) in [7, 11) is 0. The number of carbonyl (C=O) groups is 3. The summed E-state index contributed by atoms with van der Waals surface area (Å²) in [6.07, 6.45) is 4.93. The molecular formula is C28H32N2O5. The predicted molar refractivity (Wildman–Crippen MR) is 131 cm³/mol. The molecule has 0 radical (unpaired) electrons. The third-order valence-electron chi connectivity index (χ3n) is 6.69. The maximum atomic E-state index is 13.3. The van der Waals surface area contributed by atoms with Gasteiger partial charge in [0.15, 0.2) is 0 Å². The summed E-state index contributed by atoms with van der Waals surface area (Å²) in [5, 5.41) is 12.8. The number of hydrogen-bond acceptors (Lipinski definition) is 5. The normalized spacial score (nSPS) is 23.3. The number of nitrogens with zero attached hydrogens (tertiary/aromatic N) is 1. The van der Waals surface area contributed by atoms with Crippen molar-refractivity contribution in [3.63, 3.8) is 0 Å². The highest BCUT2D eigenvalue weighted by Crippen LogP contribution is 2.26. The molecule has 184 valence electrons. The van der Waals surface area contributed by atoms with E-state index >= 15 is 0 Å². The minimum Gasteiger partial charge on any atom is -0.456 e. The van der Waals surface area contributed by atoms with Gasteiger partial charge >= 0.3 is 5.97 Å². The topological polar surface area (TPSA) is 95.9 Å². The van der Waals surface area contributed by atoms with Gasteiger partial charge in [0.1, 0.15) is 6.10 Å². The fourth-order valence-corrected chi connectivity index (χ4v) is 4.68. The molecule has 2 N–H and O–H groups in total. The molecule has 0 unspecified atom stereocenters. The Morgan fingerprint density at radius 2 is 1.77 bits per heavy atom. The molecule has 3 atom stereocenters. The second kappa shape index (κ2) is 11.8. The molecule has 2 heterocycles. The minimum absolute atomic E-state index is 0.0463. The highest BCUT2D eigenvalue weighted by molar-refractivity contribution is 5.86. The van der Waals surface area contributed by atoms with E-state index in [0.29, 0.717) is 25.8 Å². The molecule has 0 fully saturated rings. The van der Waals surface area contributed by atoms with Gasteiger partial charge in [-0.3, -0.25) is 14.4 Å². The van der Waals surface area contributed by atoms with Gasteiger partial charge in [0.05, 0.1) is 25.1 Å². The van der Waals surface area contributed by atoms with Crippen LogP contribution in [0.25, 0.3) is 0 Å². The van der Waals surface area contributed by atoms with Gasteiger partial charge in [0.25, 0.3) is 0 Å². The number of carbonyl (C=O) groups excluding carboxylic acids is 3. The van der Waals surface area contributed by atoms with Crippen molar-refractivity contribution in [1.82, 2.24) is 10.2 Å². The van der Waals surface area contributed by atoms with Gasteiger partial charge in [0.2, 0.25) is 11.8 Å². The maximum Gasteiger partial charge on any atom is 0.306 e. The van der Waals surface area contributed by atoms with Crippen molar-refractivity contribution in [2.24, 2.45) is 5.92 Å². The molecule has 2 aliphatic heterocycles. The quantitative estimate of drug-likeness (QED) is 0.522. The van der Waals surface area contributed by atoms with Crippen molar-refractivity contribution >= 4 is 17.8 Å². The lowest BCUT2D eigenvalue weighted by Gasteiger charge is -2.36. The molecule has 4 rings (SSSR count). The zero-order valence-corrected chi connectivity index (χ0v) is 19.8. The summed E-state index contributed by atoms with van der Waals surface area (Å²) in [5.74, 6) is -1.27. The molecule has 2 aromatic carbocycles. The van der Waals surface area contributed by atoms with E-state index in [-0.39, 0.29) is 49.8 Å². The predicted octanol–water partition coefficient (Wildman–Crippen LogP) is 3.08. The number of esters is 1. The summed E-state index contributed by atoms with van der Waals surface area (Å²) >= 11 is 0. The fraction of sp³-hybridized carbons (Fsp3) is 0.393. The van der Waals surface area contributed by atoms with Gasteiger partial charge in [-0.25, -0.2) is 0 Å². The van der Waals surface area contributed by atoms with Crippen LogP contribution >= 0.6 is 0 Å². The fourth-order valence-electron chi connectivity index (χ4n) is 4.68. The average Bonchev–Trinajstić information content (AvgIpc) is 2.88. The summed E-state index contributed by atoms with van der Waals surface area (Å²) in [6.45, 7) is 0.441. The van der Waals surface area contributed by atoms with Crippen LogP contribution in [0.5, 0.6) is 0 Å². The Morgan fingerprint density at radius 3 is 2.54 bits per heavy atom. The molecule has 35 heavy (non-hydrogen) atoms. The molecule has 0 saturated carbocycles. The van der Waals surface area contributed by atoms with Crippen molar-refractivity contribution in [1.29, 1.82) is 0 Å². The molecule has 0 aliphatic carbocycles. The molecule has 0 saturated heterocycles. The van der Waals surface area contributed by atoms with Crippen LogP contribution in [0.15, 0.2) is 66.7 Å². The SMILES string of the molecule is O=C1CCC=CC[C@H](CC(=O)N2Cc3ccccc3C[C@H]2CO)C(=O)NC[C@@H](c2ccccc2)O1. The number of benzene rings is 2. The van der Waals surface area contributed by atoms with E-state index in [4.69, 9.17) is 4.74 Å². The van der Waals surface area contributed by atoms with Crippen LogP contribution < -0.4 is 5.32 Å². The van der Waals surface area contributed by atoms with E-state index in [2.05, 4.69) is 5.32 Å². The number of amides is 2. The minimum atomic E-state index is -0.593. The highest BCUT2D eigenvalue weighted by atomic mass is 16.5. The summed E-state index contributed by atoms with van der Waals surface area (Å²) in [4.78, 5) is 40.4. The van der Waals surface area contributed by atoms with E-state index in [9.17, 15) is 19.5 Å². The standard InChI is InChI=1S/C28H32N2O5/c31-19-24-15-21-11-7-8-13-23(21)18-30(24)26(32)16-22-12-5-2-6-14-27(33)35-25(17-29-28(22)34)20-9-3-1-4-10-20/h1-5,7-11,13,22,24-25,31H,6,12,14-19H2,(H,29,34)/t22-,24+,25+/m1/s1. The number of aliphatic hydroxyl groups is 1. The van der Waals surface area contributed by atoms with Crippen molar-refractivity contribution in [3.05, 3.63) is 83.4 Å². The van der Waals surface area contributed by atoms with Crippen LogP contribution in [0.2, 0.25) is 0 Å². The Bertz CT molecular complexity index is 1070. The summed E-state index contributed by atoms with van der Waals surface area (Å²) in [6, 6.07) is 17.0. The molecule has 2 amide bonds. The number of fused-ring (bicyclic) bond motifs is 1. The first-order chi connectivity index (χ1) is 17.0. The average molecular weight is 477 g/mol. The lowest BCUT2D eigenvalue weighted by Crippen LogP contribution is -2.47. The molecule has 0 aromatic heterocycles. The third-order valence-corrected chi connectivity index (χ3v) is 6.69. The van der Waals surface area contributed by atoms with Crippen molar-refractivity contribution in [2.75, 3.05) is 13.2 Å². The monoisotopic (exact) mass is 476 g/mol. The second-order valence-corrected chi connectivity index (χ2v) is 9.11. The number of nitrogens with one attached hydrogen (secondary N) is 1. The van der Waals surface area contributed by atoms with Crippen LogP contribution in [0.1, 0.15) is 48.5 Å². The van der Waals surface area contributed by atoms with Crippen molar-refractivity contribution in [2.45, 2.75) is 50.8 Å². The summed E-state index contributed by atoms with van der Waals surface area (Å²) < 4.78 is 5.64. The molecule has 0 bridgehead atoms. The first-order valence-corrected chi connectivity index (χ1v) is 12.2. The Morgan fingerprint density at radius 1 is 1.03 bits per heavy atom. The number of aliphatic hydroxyl groups excluding tert-OH is 1. The van der Waals surface area contributed by atoms with E-state index in [1.54, 1.807) is 4.90 Å². The maximum absolute atomic E-state index is 13.3. The molecule has 2 aromatic rings. The number of cyclic esters (lactones) is 1. The molecule has 7 heteroatoms. The summed E-state index contributed by atoms with van der Waals surface area (Å²) in [5.41, 5.74) is 3.02. The van der Waals surface area contributed by atoms with E-state index in [1.807, 2.05) is 66.7 Å². The van der Waals surface area contributed by atoms with Crippen LogP contribution in [0.3, 0.4) is 0 Å². The van der Waals surface area contributed by atoms with Gasteiger partial charge < -0.3 is 20.1 Å². The smallest absolute Gasteiger partial charge is 0.306 e. The second-order valence-electron chi connectivity index (χ2n) is 9.11. The van der Waals surface area contributed by atoms with Gasteiger partial charge in [0, 0.05) is 19.4 Å². The zero-order chi connectivity index (χ0) is 24.6. The Balaban J connectivity index is 1.48. The van der Waals surface area contributed by atoms with Gasteiger partial charge in [-0.05, 0) is 36.0 Å². The highest BCUT2D eigenvalue weighted by Gasteiger charge is 2.32. The van der Waals surface area contributed by atoms with Crippen LogP contribution in [-0.2, 0) is 32.1 Å². The van der Waals surface area contributed by atoms with Crippen LogP contribution in [-0.4, -0.2) is 47.0 Å². The van der Waals surface area contributed by atoms with E-state index < -0.39 is 12.0 Å². The van der Waals surface area contributed by atoms with Crippen LogP contribution in [0.4, 0.5) is 0 Å². The first kappa shape index (κ1) is 24.7. The van der Waals surface area contributed by atoms with Crippen molar-refractivity contribution in [3.8, 4) is 0 Å². The van der Waals surface area contributed by atoms with E-state index in [1.165, 1.54) is 0 Å². The van der Waals surface area contributed by atoms with Gasteiger partial charge in [-0.2, -0.15) is 0 Å². The van der Waals surface area contributed by atoms with E-state index in [0.717, 1.165) is 16.7 Å². The Hall–Kier alpha value is -3.45. The molecule has 7 nitrogen and oxygen atoms in total. The lowest BCUT2D eigenvalue weighted by molar-refractivity contribution is -0.150. The molecule has 2 aliphatic rings. The zero-order valence-electron chi connectivity index (χ0n) is 19.8. The number of ether oxygens (including phenoxy) is 1. The van der Waals surface area contributed by atoms with Crippen molar-refractivity contribution < 1.29 is 24.2 Å². The van der Waals surface area contributed by atoms with Gasteiger partial charge in [-0.15, -0.1) is 0 Å². The number of allylic oxidation sites excluding steroid dienone is 2. The first-order valence-electron chi connectivity index (χ1n) is 12.2. The number of hydrogen-bond donors (Lipinski definition) is 2.